The van der Waals surface area contributed by atoms with Crippen molar-refractivity contribution in [2.45, 2.75) is 26.4 Å². The second-order valence-electron chi connectivity index (χ2n) is 5.83. The molecule has 3 rings (SSSR count). The van der Waals surface area contributed by atoms with Crippen molar-refractivity contribution >= 4 is 23.2 Å². The summed E-state index contributed by atoms with van der Waals surface area (Å²) < 4.78 is 1.65. The molecule has 3 aromatic rings. The molecule has 0 aliphatic rings. The van der Waals surface area contributed by atoms with Crippen LogP contribution in [0.25, 0.3) is 5.13 Å². The van der Waals surface area contributed by atoms with E-state index in [9.17, 15) is 9.59 Å². The van der Waals surface area contributed by atoms with E-state index in [0.29, 0.717) is 6.54 Å². The van der Waals surface area contributed by atoms with Crippen LogP contribution in [0.2, 0.25) is 0 Å². The molecule has 3 heterocycles. The maximum atomic E-state index is 12.3. The smallest absolute Gasteiger partial charge is 0.270 e. The number of thiazole rings is 1. The molecule has 0 aliphatic heterocycles. The fraction of sp³-hybridized carbons (Fsp3) is 0.235. The summed E-state index contributed by atoms with van der Waals surface area (Å²) >= 11 is 1.47. The number of amides is 2. The van der Waals surface area contributed by atoms with E-state index in [1.165, 1.54) is 11.3 Å². The van der Waals surface area contributed by atoms with Crippen molar-refractivity contribution in [2.75, 3.05) is 0 Å². The quantitative estimate of drug-likeness (QED) is 0.689. The normalized spacial score (nSPS) is 10.7. The average Bonchev–Trinajstić information content (AvgIpc) is 3.30. The predicted molar refractivity (Wildman–Crippen MR) is 97.2 cm³/mol. The van der Waals surface area contributed by atoms with Crippen molar-refractivity contribution in [3.05, 3.63) is 59.1 Å². The van der Waals surface area contributed by atoms with Crippen LogP contribution < -0.4 is 10.6 Å². The topological polar surface area (TPSA) is 102 Å². The lowest BCUT2D eigenvalue weighted by Crippen LogP contribution is -2.31. The molecule has 26 heavy (non-hydrogen) atoms. The molecule has 134 valence electrons. The van der Waals surface area contributed by atoms with Gasteiger partial charge in [0.25, 0.3) is 11.8 Å². The van der Waals surface area contributed by atoms with Gasteiger partial charge in [0.15, 0.2) is 0 Å². The van der Waals surface area contributed by atoms with Crippen LogP contribution >= 0.6 is 11.3 Å². The van der Waals surface area contributed by atoms with E-state index in [4.69, 9.17) is 0 Å². The third kappa shape index (κ3) is 4.31. The largest absolute Gasteiger partial charge is 0.349 e. The second-order valence-corrected chi connectivity index (χ2v) is 6.70. The highest BCUT2D eigenvalue weighted by Gasteiger charge is 2.13. The zero-order valence-corrected chi connectivity index (χ0v) is 15.2. The lowest BCUT2D eigenvalue weighted by Gasteiger charge is -2.08. The van der Waals surface area contributed by atoms with Gasteiger partial charge in [-0.1, -0.05) is 6.07 Å². The highest BCUT2D eigenvalue weighted by Crippen LogP contribution is 2.11. The molecule has 0 saturated heterocycles. The van der Waals surface area contributed by atoms with Crippen LogP contribution in [-0.4, -0.2) is 37.6 Å². The van der Waals surface area contributed by atoms with Gasteiger partial charge in [-0.15, -0.1) is 11.3 Å². The third-order valence-corrected chi connectivity index (χ3v) is 4.10. The number of hydrogen-bond donors (Lipinski definition) is 2. The molecular formula is C17H18N6O2S. The maximum Gasteiger partial charge on any atom is 0.270 e. The predicted octanol–water partition coefficient (Wildman–Crippen LogP) is 1.79. The minimum Gasteiger partial charge on any atom is -0.349 e. The summed E-state index contributed by atoms with van der Waals surface area (Å²) in [4.78, 5) is 32.6. The Morgan fingerprint density at radius 3 is 2.69 bits per heavy atom. The van der Waals surface area contributed by atoms with Gasteiger partial charge in [-0.3, -0.25) is 9.59 Å². The molecule has 0 fully saturated rings. The Bertz CT molecular complexity index is 904. The van der Waals surface area contributed by atoms with E-state index in [2.05, 4.69) is 25.7 Å². The Kier molecular flexibility index (Phi) is 5.37. The molecule has 0 radical (unpaired) electrons. The number of aromatic nitrogens is 4. The van der Waals surface area contributed by atoms with Crippen LogP contribution in [0.4, 0.5) is 0 Å². The molecule has 0 aromatic carbocycles. The molecule has 0 atom stereocenters. The van der Waals surface area contributed by atoms with Crippen molar-refractivity contribution in [2.24, 2.45) is 0 Å². The van der Waals surface area contributed by atoms with E-state index in [1.807, 2.05) is 19.2 Å². The number of nitrogens with zero attached hydrogens (tertiary/aromatic N) is 4. The van der Waals surface area contributed by atoms with Gasteiger partial charge >= 0.3 is 0 Å². The van der Waals surface area contributed by atoms with E-state index >= 15 is 0 Å². The van der Waals surface area contributed by atoms with Gasteiger partial charge in [0, 0.05) is 35.9 Å². The Balaban J connectivity index is 1.62. The molecule has 3 aromatic heterocycles. The summed E-state index contributed by atoms with van der Waals surface area (Å²) in [5.74, 6) is -0.662. The Morgan fingerprint density at radius 2 is 2.00 bits per heavy atom. The van der Waals surface area contributed by atoms with Crippen LogP contribution in [-0.2, 0) is 6.54 Å². The summed E-state index contributed by atoms with van der Waals surface area (Å²) in [6.45, 7) is 4.02. The van der Waals surface area contributed by atoms with Crippen LogP contribution in [0.5, 0.6) is 0 Å². The zero-order valence-electron chi connectivity index (χ0n) is 14.3. The minimum atomic E-state index is -0.355. The first-order chi connectivity index (χ1) is 12.5. The number of pyridine rings is 1. The van der Waals surface area contributed by atoms with Gasteiger partial charge < -0.3 is 10.6 Å². The summed E-state index contributed by atoms with van der Waals surface area (Å²) in [5, 5.41) is 12.4. The molecule has 0 aliphatic carbocycles. The molecule has 9 heteroatoms. The molecule has 0 bridgehead atoms. The van der Waals surface area contributed by atoms with Gasteiger partial charge in [0.2, 0.25) is 5.13 Å². The number of hydrogen-bond acceptors (Lipinski definition) is 6. The first-order valence-corrected chi connectivity index (χ1v) is 8.90. The highest BCUT2D eigenvalue weighted by atomic mass is 32.1. The summed E-state index contributed by atoms with van der Waals surface area (Å²) in [7, 11) is 0. The van der Waals surface area contributed by atoms with Crippen LogP contribution in [0.15, 0.2) is 42.2 Å². The Hall–Kier alpha value is -3.07. The first-order valence-electron chi connectivity index (χ1n) is 8.02. The fourth-order valence-corrected chi connectivity index (χ4v) is 2.75. The van der Waals surface area contributed by atoms with Gasteiger partial charge in [-0.2, -0.15) is 5.10 Å². The molecule has 2 amide bonds. The summed E-state index contributed by atoms with van der Waals surface area (Å²) in [6, 6.07) is 4.78. The van der Waals surface area contributed by atoms with Crippen molar-refractivity contribution in [1.29, 1.82) is 0 Å². The molecular weight excluding hydrogens is 352 g/mol. The fourth-order valence-electron chi connectivity index (χ4n) is 2.18. The lowest BCUT2D eigenvalue weighted by molar-refractivity contribution is 0.0936. The lowest BCUT2D eigenvalue weighted by atomic mass is 10.2. The summed E-state index contributed by atoms with van der Waals surface area (Å²) in [5.41, 5.74) is 1.24. The molecule has 2 N–H and O–H groups in total. The maximum absolute atomic E-state index is 12.3. The molecule has 0 spiro atoms. The van der Waals surface area contributed by atoms with Gasteiger partial charge in [0.05, 0.1) is 6.20 Å². The monoisotopic (exact) mass is 370 g/mol. The van der Waals surface area contributed by atoms with Crippen LogP contribution in [0, 0.1) is 0 Å². The Morgan fingerprint density at radius 1 is 1.23 bits per heavy atom. The van der Waals surface area contributed by atoms with Gasteiger partial charge in [-0.05, 0) is 26.0 Å². The van der Waals surface area contributed by atoms with E-state index < -0.39 is 0 Å². The van der Waals surface area contributed by atoms with Crippen LogP contribution in [0.1, 0.15) is 40.4 Å². The zero-order chi connectivity index (χ0) is 18.5. The number of carbonyl (C=O) groups excluding carboxylic acids is 2. The SMILES string of the molecule is CC(C)NC(=O)c1cccc(C(=O)NCc2cnn(-c3nccs3)c2)n1. The van der Waals surface area contributed by atoms with Crippen molar-refractivity contribution in [3.8, 4) is 5.13 Å². The van der Waals surface area contributed by atoms with E-state index in [1.54, 1.807) is 41.5 Å². The van der Waals surface area contributed by atoms with Crippen LogP contribution in [0.3, 0.4) is 0 Å². The average molecular weight is 370 g/mol. The van der Waals surface area contributed by atoms with E-state index in [-0.39, 0.29) is 29.2 Å². The number of nitrogens with one attached hydrogen (secondary N) is 2. The highest BCUT2D eigenvalue weighted by molar-refractivity contribution is 7.12. The van der Waals surface area contributed by atoms with Crippen molar-refractivity contribution in [3.63, 3.8) is 0 Å². The number of carbonyl (C=O) groups is 2. The number of rotatable bonds is 6. The van der Waals surface area contributed by atoms with Crippen molar-refractivity contribution in [1.82, 2.24) is 30.4 Å². The molecule has 0 unspecified atom stereocenters. The summed E-state index contributed by atoms with van der Waals surface area (Å²) in [6.07, 6.45) is 5.18. The molecule has 0 saturated carbocycles. The minimum absolute atomic E-state index is 0.00356. The molecule has 8 nitrogen and oxygen atoms in total. The Labute approximate surface area is 154 Å². The van der Waals surface area contributed by atoms with E-state index in [0.717, 1.165) is 10.7 Å². The third-order valence-electron chi connectivity index (χ3n) is 3.34. The second kappa shape index (κ2) is 7.87. The van der Waals surface area contributed by atoms with Crippen molar-refractivity contribution < 1.29 is 9.59 Å². The first kappa shape index (κ1) is 17.7. The standard InChI is InChI=1S/C17H18N6O2S/c1-11(2)21-16(25)14-5-3-4-13(22-14)15(24)19-8-12-9-20-23(10-12)17-18-6-7-26-17/h3-7,9-11H,8H2,1-2H3,(H,19,24)(H,21,25). The van der Waals surface area contributed by atoms with Gasteiger partial charge in [0.1, 0.15) is 11.4 Å². The van der Waals surface area contributed by atoms with Gasteiger partial charge in [-0.25, -0.2) is 14.6 Å².